The minimum Gasteiger partial charge on any atom is -0.461 e. The van der Waals surface area contributed by atoms with Gasteiger partial charge in [-0.1, -0.05) is 36.8 Å². The number of nitrogens with zero attached hydrogens (tertiary/aromatic N) is 5. The molecule has 0 spiro atoms. The van der Waals surface area contributed by atoms with Crippen LogP contribution in [0.15, 0.2) is 24.3 Å². The minimum absolute atomic E-state index is 0.332. The van der Waals surface area contributed by atoms with Crippen molar-refractivity contribution < 1.29 is 9.53 Å². The number of anilines is 4. The van der Waals surface area contributed by atoms with Crippen LogP contribution >= 0.6 is 22.7 Å². The van der Waals surface area contributed by atoms with Crippen molar-refractivity contribution in [1.82, 2.24) is 20.2 Å². The van der Waals surface area contributed by atoms with Crippen LogP contribution in [0.2, 0.25) is 0 Å². The Morgan fingerprint density at radius 1 is 1.18 bits per heavy atom. The van der Waals surface area contributed by atoms with Crippen molar-refractivity contribution in [2.24, 2.45) is 0 Å². The number of aryl methyl sites for hydroxylation is 1. The third kappa shape index (κ3) is 4.23. The first kappa shape index (κ1) is 22.7. The quantitative estimate of drug-likeness (QED) is 0.322. The van der Waals surface area contributed by atoms with E-state index in [1.807, 2.05) is 25.1 Å². The molecule has 0 bridgehead atoms. The number of rotatable bonds is 7. The van der Waals surface area contributed by atoms with E-state index in [0.717, 1.165) is 80.3 Å². The summed E-state index contributed by atoms with van der Waals surface area (Å²) >= 11 is 3.14. The molecule has 0 amide bonds. The van der Waals surface area contributed by atoms with E-state index in [1.165, 1.54) is 0 Å². The highest BCUT2D eigenvalue weighted by molar-refractivity contribution is 7.22. The average molecular weight is 495 g/mol. The molecule has 8 nitrogen and oxygen atoms in total. The fourth-order valence-corrected chi connectivity index (χ4v) is 6.16. The third-order valence-electron chi connectivity index (χ3n) is 5.77. The molecule has 5 rings (SSSR count). The van der Waals surface area contributed by atoms with Gasteiger partial charge in [0.1, 0.15) is 0 Å². The van der Waals surface area contributed by atoms with E-state index in [0.29, 0.717) is 12.3 Å². The van der Waals surface area contributed by atoms with Crippen molar-refractivity contribution in [3.05, 3.63) is 46.0 Å². The molecule has 0 fully saturated rings. The highest BCUT2D eigenvalue weighted by Crippen LogP contribution is 2.39. The average Bonchev–Trinajstić information content (AvgIpc) is 3.45. The smallest absolute Gasteiger partial charge is 0.358 e. The highest BCUT2D eigenvalue weighted by atomic mass is 32.1. The minimum atomic E-state index is -0.358. The molecule has 0 saturated heterocycles. The molecule has 0 unspecified atom stereocenters. The van der Waals surface area contributed by atoms with Gasteiger partial charge in [0.25, 0.3) is 0 Å². The van der Waals surface area contributed by atoms with Gasteiger partial charge in [0, 0.05) is 22.5 Å². The van der Waals surface area contributed by atoms with Gasteiger partial charge in [0.2, 0.25) is 0 Å². The van der Waals surface area contributed by atoms with E-state index in [1.54, 1.807) is 22.7 Å². The number of fused-ring (bicyclic) bond motifs is 2. The lowest BCUT2D eigenvalue weighted by Gasteiger charge is -2.28. The van der Waals surface area contributed by atoms with Crippen LogP contribution in [-0.4, -0.2) is 39.3 Å². The Kier molecular flexibility index (Phi) is 6.42. The summed E-state index contributed by atoms with van der Waals surface area (Å²) in [5.41, 5.74) is 3.60. The molecule has 4 heterocycles. The Balaban J connectivity index is 1.47. The van der Waals surface area contributed by atoms with Crippen LogP contribution in [-0.2, 0) is 17.6 Å². The predicted octanol–water partition coefficient (Wildman–Crippen LogP) is 5.81. The largest absolute Gasteiger partial charge is 0.461 e. The number of esters is 1. The molecule has 0 saturated carbocycles. The van der Waals surface area contributed by atoms with Gasteiger partial charge in [-0.25, -0.2) is 14.8 Å². The van der Waals surface area contributed by atoms with Gasteiger partial charge in [0.05, 0.1) is 16.8 Å². The van der Waals surface area contributed by atoms with Crippen LogP contribution in [0, 0.1) is 6.92 Å². The monoisotopic (exact) mass is 494 g/mol. The number of carbonyl (C=O) groups is 1. The van der Waals surface area contributed by atoms with Gasteiger partial charge in [-0.05, 0) is 45.2 Å². The molecular formula is C24H26N6O2S2. The summed E-state index contributed by atoms with van der Waals surface area (Å²) in [4.78, 5) is 24.9. The van der Waals surface area contributed by atoms with Crippen LogP contribution in [0.4, 0.5) is 21.9 Å². The molecule has 1 aromatic carbocycles. The number of para-hydroxylation sites is 1. The van der Waals surface area contributed by atoms with Crippen LogP contribution in [0.3, 0.4) is 0 Å². The van der Waals surface area contributed by atoms with Crippen molar-refractivity contribution in [2.75, 3.05) is 23.4 Å². The second kappa shape index (κ2) is 9.63. The Hall–Kier alpha value is -3.11. The van der Waals surface area contributed by atoms with Crippen molar-refractivity contribution in [1.29, 1.82) is 0 Å². The molecule has 0 aliphatic carbocycles. The third-order valence-corrected chi connectivity index (χ3v) is 7.86. The van der Waals surface area contributed by atoms with Gasteiger partial charge in [-0.3, -0.25) is 0 Å². The normalized spacial score (nSPS) is 13.2. The van der Waals surface area contributed by atoms with Crippen molar-refractivity contribution >= 4 is 60.8 Å². The number of hydrogen-bond acceptors (Lipinski definition) is 10. The van der Waals surface area contributed by atoms with E-state index in [-0.39, 0.29) is 5.97 Å². The topological polar surface area (TPSA) is 93.1 Å². The maximum Gasteiger partial charge on any atom is 0.358 e. The Labute approximate surface area is 206 Å². The first-order valence-electron chi connectivity index (χ1n) is 11.5. The Morgan fingerprint density at radius 2 is 2.03 bits per heavy atom. The lowest BCUT2D eigenvalue weighted by atomic mass is 10.0. The van der Waals surface area contributed by atoms with E-state index < -0.39 is 0 Å². The summed E-state index contributed by atoms with van der Waals surface area (Å²) in [6.45, 7) is 7.09. The molecule has 10 heteroatoms. The number of benzene rings is 1. The Morgan fingerprint density at radius 3 is 2.82 bits per heavy atom. The molecule has 0 radical (unpaired) electrons. The SMILES string of the molecule is CCCc1sc(N2CCCc3c2nnc(Nc2nc4ccccc4s2)c3C)nc1C(=O)OCC. The second-order valence-electron chi connectivity index (χ2n) is 8.08. The summed E-state index contributed by atoms with van der Waals surface area (Å²) in [7, 11) is 0. The maximum atomic E-state index is 12.5. The molecule has 1 aliphatic rings. The van der Waals surface area contributed by atoms with Crippen LogP contribution in [0.25, 0.3) is 10.2 Å². The fraction of sp³-hybridized carbons (Fsp3) is 0.375. The van der Waals surface area contributed by atoms with Gasteiger partial charge in [-0.2, -0.15) is 0 Å². The zero-order chi connectivity index (χ0) is 23.7. The van der Waals surface area contributed by atoms with E-state index in [9.17, 15) is 4.79 Å². The predicted molar refractivity (Wildman–Crippen MR) is 137 cm³/mol. The standard InChI is InChI=1S/C24H26N6O2S2/c1-4-9-18-19(22(31)32-5-2)26-24(34-18)30-13-8-10-15-14(3)20(28-29-21(15)30)27-23-25-16-11-6-7-12-17(16)33-23/h6-7,11-12H,4-5,8-10,13H2,1-3H3,(H,25,27,28). The first-order chi connectivity index (χ1) is 16.6. The number of thiazole rings is 2. The van der Waals surface area contributed by atoms with E-state index in [4.69, 9.17) is 9.72 Å². The second-order valence-corrected chi connectivity index (χ2v) is 10.2. The van der Waals surface area contributed by atoms with E-state index in [2.05, 4.69) is 45.3 Å². The molecule has 4 aromatic rings. The zero-order valence-corrected chi connectivity index (χ0v) is 21.1. The van der Waals surface area contributed by atoms with Crippen molar-refractivity contribution in [2.45, 2.75) is 46.5 Å². The molecule has 176 valence electrons. The van der Waals surface area contributed by atoms with Gasteiger partial charge in [-0.15, -0.1) is 21.5 Å². The van der Waals surface area contributed by atoms with Crippen LogP contribution in [0.5, 0.6) is 0 Å². The Bertz CT molecular complexity index is 1320. The summed E-state index contributed by atoms with van der Waals surface area (Å²) in [6, 6.07) is 8.07. The molecule has 1 aliphatic heterocycles. The first-order valence-corrected chi connectivity index (χ1v) is 13.2. The molecule has 1 N–H and O–H groups in total. The number of ether oxygens (including phenoxy) is 1. The molecular weight excluding hydrogens is 468 g/mol. The molecule has 3 aromatic heterocycles. The summed E-state index contributed by atoms with van der Waals surface area (Å²) in [5.74, 6) is 1.17. The van der Waals surface area contributed by atoms with Crippen LogP contribution in [0.1, 0.15) is 53.2 Å². The maximum absolute atomic E-state index is 12.5. The van der Waals surface area contributed by atoms with Crippen LogP contribution < -0.4 is 10.2 Å². The highest BCUT2D eigenvalue weighted by Gasteiger charge is 2.28. The number of hydrogen-bond donors (Lipinski definition) is 1. The summed E-state index contributed by atoms with van der Waals surface area (Å²) < 4.78 is 6.37. The van der Waals surface area contributed by atoms with Gasteiger partial charge in [0.15, 0.2) is 27.6 Å². The summed E-state index contributed by atoms with van der Waals surface area (Å²) in [5, 5.41) is 14.0. The zero-order valence-electron chi connectivity index (χ0n) is 19.4. The van der Waals surface area contributed by atoms with Crippen molar-refractivity contribution in [3.8, 4) is 0 Å². The van der Waals surface area contributed by atoms with Gasteiger partial charge < -0.3 is 15.0 Å². The van der Waals surface area contributed by atoms with Gasteiger partial charge >= 0.3 is 5.97 Å². The lowest BCUT2D eigenvalue weighted by Crippen LogP contribution is -2.27. The number of nitrogens with one attached hydrogen (secondary N) is 1. The molecule has 34 heavy (non-hydrogen) atoms. The van der Waals surface area contributed by atoms with Crippen molar-refractivity contribution in [3.63, 3.8) is 0 Å². The fourth-order valence-electron chi connectivity index (χ4n) is 4.12. The van der Waals surface area contributed by atoms with E-state index >= 15 is 0 Å². The summed E-state index contributed by atoms with van der Waals surface area (Å²) in [6.07, 6.45) is 3.61. The number of carbonyl (C=O) groups excluding carboxylic acids is 1. The number of aromatic nitrogens is 4. The lowest BCUT2D eigenvalue weighted by molar-refractivity contribution is 0.0519. The molecule has 0 atom stereocenters.